The Hall–Kier alpha value is -2.19. The van der Waals surface area contributed by atoms with Gasteiger partial charge in [-0.3, -0.25) is 4.79 Å². The second-order valence-electron chi connectivity index (χ2n) is 6.09. The maximum atomic E-state index is 13.4. The van der Waals surface area contributed by atoms with Crippen molar-refractivity contribution in [1.82, 2.24) is 14.2 Å². The molecule has 0 aliphatic carbocycles. The summed E-state index contributed by atoms with van der Waals surface area (Å²) in [6.45, 7) is 2.70. The highest BCUT2D eigenvalue weighted by molar-refractivity contribution is 7.89. The minimum Gasteiger partial charge on any atom is -0.367 e. The number of carbonyl (C=O) groups excluding carboxylic acids is 1. The van der Waals surface area contributed by atoms with Crippen molar-refractivity contribution in [3.63, 3.8) is 0 Å². The molecular weight excluding hydrogens is 345 g/mol. The van der Waals surface area contributed by atoms with E-state index in [-0.39, 0.29) is 23.9 Å². The molecule has 0 radical (unpaired) electrons. The molecule has 8 heteroatoms. The second-order valence-corrected chi connectivity index (χ2v) is 8.03. The third-order valence-corrected chi connectivity index (χ3v) is 6.27. The van der Waals surface area contributed by atoms with E-state index in [9.17, 15) is 17.6 Å². The molecule has 1 N–H and O–H groups in total. The van der Waals surface area contributed by atoms with Gasteiger partial charge in [0, 0.05) is 38.6 Å². The van der Waals surface area contributed by atoms with Crippen LogP contribution in [-0.4, -0.2) is 54.7 Å². The molecule has 0 spiro atoms. The van der Waals surface area contributed by atoms with Crippen LogP contribution in [0.3, 0.4) is 0 Å². The van der Waals surface area contributed by atoms with E-state index in [0.29, 0.717) is 25.1 Å². The molecule has 0 atom stereocenters. The maximum absolute atomic E-state index is 13.4. The molecule has 1 aliphatic rings. The highest BCUT2D eigenvalue weighted by Crippen LogP contribution is 2.20. The van der Waals surface area contributed by atoms with Crippen molar-refractivity contribution < 1.29 is 17.6 Å². The number of aromatic nitrogens is 1. The highest BCUT2D eigenvalue weighted by Gasteiger charge is 2.30. The monoisotopic (exact) mass is 365 g/mol. The predicted molar refractivity (Wildman–Crippen MR) is 91.0 cm³/mol. The molecule has 134 valence electrons. The Kier molecular flexibility index (Phi) is 4.91. The Labute approximate surface area is 146 Å². The van der Waals surface area contributed by atoms with Gasteiger partial charge in [0.25, 0.3) is 0 Å². The second kappa shape index (κ2) is 6.97. The Morgan fingerprint density at radius 1 is 1.20 bits per heavy atom. The summed E-state index contributed by atoms with van der Waals surface area (Å²) >= 11 is 0. The molecule has 0 unspecified atom stereocenters. The van der Waals surface area contributed by atoms with E-state index in [2.05, 4.69) is 4.98 Å². The molecule has 1 aromatic heterocycles. The normalized spacial score (nSPS) is 16.2. The fourth-order valence-electron chi connectivity index (χ4n) is 2.86. The van der Waals surface area contributed by atoms with Crippen LogP contribution in [0.15, 0.2) is 41.6 Å². The molecule has 1 amide bonds. The molecule has 1 aromatic carbocycles. The number of benzene rings is 1. The molecular formula is C17H20FN3O3S. The first-order valence-corrected chi connectivity index (χ1v) is 9.47. The van der Waals surface area contributed by atoms with Crippen molar-refractivity contribution in [1.29, 1.82) is 0 Å². The Bertz CT molecular complexity index is 857. The molecule has 1 aliphatic heterocycles. The maximum Gasteiger partial charge on any atom is 0.243 e. The summed E-state index contributed by atoms with van der Waals surface area (Å²) in [5.41, 5.74) is 1.20. The smallest absolute Gasteiger partial charge is 0.243 e. The molecule has 3 rings (SSSR count). The van der Waals surface area contributed by atoms with Gasteiger partial charge in [-0.15, -0.1) is 0 Å². The van der Waals surface area contributed by atoms with Crippen LogP contribution >= 0.6 is 0 Å². The lowest BCUT2D eigenvalue weighted by Crippen LogP contribution is -2.50. The zero-order chi connectivity index (χ0) is 18.0. The lowest BCUT2D eigenvalue weighted by molar-refractivity contribution is -0.131. The van der Waals surface area contributed by atoms with Crippen molar-refractivity contribution in [3.05, 3.63) is 53.6 Å². The SMILES string of the molecule is Cc1cc(S(=O)(=O)N2CCN(C(=O)Cc3cc[nH]c3)CC2)ccc1F. The molecule has 0 bridgehead atoms. The Morgan fingerprint density at radius 3 is 2.52 bits per heavy atom. The van der Waals surface area contributed by atoms with Gasteiger partial charge in [-0.25, -0.2) is 12.8 Å². The van der Waals surface area contributed by atoms with Gasteiger partial charge in [-0.2, -0.15) is 4.31 Å². The van der Waals surface area contributed by atoms with E-state index in [4.69, 9.17) is 0 Å². The van der Waals surface area contributed by atoms with E-state index in [1.807, 2.05) is 6.07 Å². The minimum atomic E-state index is -3.68. The van der Waals surface area contributed by atoms with Crippen LogP contribution in [0.2, 0.25) is 0 Å². The van der Waals surface area contributed by atoms with Crippen LogP contribution in [0.1, 0.15) is 11.1 Å². The largest absolute Gasteiger partial charge is 0.367 e. The average Bonchev–Trinajstić information content (AvgIpc) is 3.10. The third kappa shape index (κ3) is 3.74. The summed E-state index contributed by atoms with van der Waals surface area (Å²) in [6, 6.07) is 5.63. The number of rotatable bonds is 4. The highest BCUT2D eigenvalue weighted by atomic mass is 32.2. The quantitative estimate of drug-likeness (QED) is 0.893. The van der Waals surface area contributed by atoms with Gasteiger partial charge in [0.2, 0.25) is 15.9 Å². The number of hydrogen-bond acceptors (Lipinski definition) is 3. The summed E-state index contributed by atoms with van der Waals surface area (Å²) < 4.78 is 40.1. The summed E-state index contributed by atoms with van der Waals surface area (Å²) in [6.07, 6.45) is 3.83. The number of aromatic amines is 1. The van der Waals surface area contributed by atoms with Crippen LogP contribution in [0, 0.1) is 12.7 Å². The molecule has 25 heavy (non-hydrogen) atoms. The first-order valence-electron chi connectivity index (χ1n) is 8.03. The van der Waals surface area contributed by atoms with Crippen molar-refractivity contribution >= 4 is 15.9 Å². The van der Waals surface area contributed by atoms with Crippen molar-refractivity contribution in [2.24, 2.45) is 0 Å². The van der Waals surface area contributed by atoms with Gasteiger partial charge in [0.05, 0.1) is 11.3 Å². The van der Waals surface area contributed by atoms with E-state index in [1.165, 1.54) is 29.4 Å². The number of nitrogens with one attached hydrogen (secondary N) is 1. The number of piperazine rings is 1. The number of hydrogen-bond donors (Lipinski definition) is 1. The van der Waals surface area contributed by atoms with Crippen molar-refractivity contribution in [2.75, 3.05) is 26.2 Å². The summed E-state index contributed by atoms with van der Waals surface area (Å²) in [5, 5.41) is 0. The van der Waals surface area contributed by atoms with Gasteiger partial charge in [-0.05, 0) is 42.3 Å². The van der Waals surface area contributed by atoms with Crippen LogP contribution < -0.4 is 0 Å². The minimum absolute atomic E-state index is 0.0192. The zero-order valence-corrected chi connectivity index (χ0v) is 14.7. The molecule has 1 saturated heterocycles. The first kappa shape index (κ1) is 17.6. The van der Waals surface area contributed by atoms with Gasteiger partial charge in [-0.1, -0.05) is 0 Å². The fraction of sp³-hybridized carbons (Fsp3) is 0.353. The summed E-state index contributed by atoms with van der Waals surface area (Å²) in [7, 11) is -3.68. The van der Waals surface area contributed by atoms with Gasteiger partial charge >= 0.3 is 0 Å². The number of sulfonamides is 1. The van der Waals surface area contributed by atoms with E-state index in [0.717, 1.165) is 5.56 Å². The lowest BCUT2D eigenvalue weighted by atomic mass is 10.2. The third-order valence-electron chi connectivity index (χ3n) is 4.38. The fourth-order valence-corrected chi connectivity index (χ4v) is 4.37. The Balaban J connectivity index is 1.64. The standard InChI is InChI=1S/C17H20FN3O3S/c1-13-10-15(2-3-16(13)18)25(23,24)21-8-6-20(7-9-21)17(22)11-14-4-5-19-12-14/h2-5,10,12,19H,6-9,11H2,1H3. The zero-order valence-electron chi connectivity index (χ0n) is 13.9. The van der Waals surface area contributed by atoms with Crippen molar-refractivity contribution in [2.45, 2.75) is 18.2 Å². The van der Waals surface area contributed by atoms with E-state index < -0.39 is 15.8 Å². The summed E-state index contributed by atoms with van der Waals surface area (Å²) in [5.74, 6) is -0.451. The molecule has 2 aromatic rings. The number of aryl methyl sites for hydroxylation is 1. The number of H-pyrrole nitrogens is 1. The molecule has 1 fully saturated rings. The molecule has 0 saturated carbocycles. The Morgan fingerprint density at radius 2 is 1.92 bits per heavy atom. The lowest BCUT2D eigenvalue weighted by Gasteiger charge is -2.34. The summed E-state index contributed by atoms with van der Waals surface area (Å²) in [4.78, 5) is 16.9. The van der Waals surface area contributed by atoms with E-state index >= 15 is 0 Å². The number of carbonyl (C=O) groups is 1. The predicted octanol–water partition coefficient (Wildman–Crippen LogP) is 1.54. The van der Waals surface area contributed by atoms with Crippen LogP contribution in [0.5, 0.6) is 0 Å². The average molecular weight is 365 g/mol. The number of halogens is 1. The van der Waals surface area contributed by atoms with Crippen LogP contribution in [-0.2, 0) is 21.2 Å². The first-order chi connectivity index (χ1) is 11.9. The van der Waals surface area contributed by atoms with E-state index in [1.54, 1.807) is 17.3 Å². The molecule has 6 nitrogen and oxygen atoms in total. The topological polar surface area (TPSA) is 73.5 Å². The van der Waals surface area contributed by atoms with Crippen LogP contribution in [0.4, 0.5) is 4.39 Å². The molecule has 2 heterocycles. The van der Waals surface area contributed by atoms with Gasteiger partial charge in [0.15, 0.2) is 0 Å². The van der Waals surface area contributed by atoms with Crippen molar-refractivity contribution in [3.8, 4) is 0 Å². The van der Waals surface area contributed by atoms with Gasteiger partial charge < -0.3 is 9.88 Å². The number of amides is 1. The van der Waals surface area contributed by atoms with Gasteiger partial charge in [0.1, 0.15) is 5.82 Å². The number of nitrogens with zero attached hydrogens (tertiary/aromatic N) is 2. The van der Waals surface area contributed by atoms with Crippen LogP contribution in [0.25, 0.3) is 0 Å².